The van der Waals surface area contributed by atoms with Gasteiger partial charge < -0.3 is 15.1 Å². The van der Waals surface area contributed by atoms with Crippen molar-refractivity contribution < 1.29 is 9.53 Å². The molecule has 1 aromatic rings. The number of hydrogen-bond donors (Lipinski definition) is 2. The maximum Gasteiger partial charge on any atom is 0.256 e. The van der Waals surface area contributed by atoms with Gasteiger partial charge in [-0.1, -0.05) is 11.6 Å². The molecule has 1 aliphatic heterocycles. The summed E-state index contributed by atoms with van der Waals surface area (Å²) in [5.41, 5.74) is 3.58. The molecule has 1 amide bonds. The van der Waals surface area contributed by atoms with E-state index in [1.54, 1.807) is 23.1 Å². The summed E-state index contributed by atoms with van der Waals surface area (Å²) >= 11 is 5.93. The van der Waals surface area contributed by atoms with Gasteiger partial charge in [0.1, 0.15) is 0 Å². The molecule has 0 aromatic heterocycles. The third-order valence-electron chi connectivity index (χ3n) is 3.00. The summed E-state index contributed by atoms with van der Waals surface area (Å²) in [5.74, 6) is 5.33. The number of ether oxygens (including phenoxy) is 1. The second-order valence-corrected chi connectivity index (χ2v) is 4.69. The number of carbonyl (C=O) groups excluding carboxylic acids is 1. The van der Waals surface area contributed by atoms with Crippen molar-refractivity contribution in [2.75, 3.05) is 25.2 Å². The summed E-state index contributed by atoms with van der Waals surface area (Å²) in [7, 11) is 0. The van der Waals surface area contributed by atoms with Crippen molar-refractivity contribution in [3.05, 3.63) is 28.8 Å². The summed E-state index contributed by atoms with van der Waals surface area (Å²) in [5, 5.41) is 0.512. The zero-order chi connectivity index (χ0) is 13.1. The molecule has 6 heteroatoms. The average Bonchev–Trinajstić information content (AvgIpc) is 2.38. The van der Waals surface area contributed by atoms with Gasteiger partial charge in [0.25, 0.3) is 5.91 Å². The first-order chi connectivity index (χ1) is 8.63. The molecule has 18 heavy (non-hydrogen) atoms. The maximum atomic E-state index is 12.5. The highest BCUT2D eigenvalue weighted by molar-refractivity contribution is 6.31. The quantitative estimate of drug-likeness (QED) is 0.630. The fourth-order valence-corrected chi connectivity index (χ4v) is 2.17. The lowest BCUT2D eigenvalue weighted by molar-refractivity contribution is 0.00365. The molecule has 1 heterocycles. The Labute approximate surface area is 111 Å². The van der Waals surface area contributed by atoms with Crippen molar-refractivity contribution in [2.45, 2.75) is 13.0 Å². The minimum absolute atomic E-state index is 0.0517. The van der Waals surface area contributed by atoms with Gasteiger partial charge in [-0.15, -0.1) is 0 Å². The number of nitrogens with zero attached hydrogens (tertiary/aromatic N) is 1. The molecule has 1 fully saturated rings. The fourth-order valence-electron chi connectivity index (χ4n) is 2.00. The Morgan fingerprint density at radius 3 is 3.06 bits per heavy atom. The van der Waals surface area contributed by atoms with Crippen LogP contribution in [0.5, 0.6) is 0 Å². The van der Waals surface area contributed by atoms with Crippen LogP contribution in [0.2, 0.25) is 5.02 Å². The molecular weight excluding hydrogens is 254 g/mol. The number of nitrogen functional groups attached to an aromatic ring is 1. The van der Waals surface area contributed by atoms with E-state index in [9.17, 15) is 4.79 Å². The number of nitrogens with two attached hydrogens (primary N) is 1. The Kier molecular flexibility index (Phi) is 4.06. The van der Waals surface area contributed by atoms with E-state index in [4.69, 9.17) is 22.2 Å². The van der Waals surface area contributed by atoms with Gasteiger partial charge in [-0.2, -0.15) is 0 Å². The molecule has 1 unspecified atom stereocenters. The van der Waals surface area contributed by atoms with Crippen LogP contribution in [0, 0.1) is 0 Å². The third-order valence-corrected chi connectivity index (χ3v) is 3.23. The van der Waals surface area contributed by atoms with Gasteiger partial charge in [0.05, 0.1) is 30.5 Å². The second-order valence-electron chi connectivity index (χ2n) is 4.26. The molecule has 1 saturated heterocycles. The van der Waals surface area contributed by atoms with Crippen molar-refractivity contribution in [3.8, 4) is 0 Å². The van der Waals surface area contributed by atoms with E-state index in [0.717, 1.165) is 0 Å². The van der Waals surface area contributed by atoms with Gasteiger partial charge in [-0.3, -0.25) is 10.6 Å². The minimum Gasteiger partial charge on any atom is -0.377 e. The standard InChI is InChI=1S/C12H16ClN3O2/c1-8-7-18-5-4-16(8)12(17)10-6-9(13)2-3-11(10)15-14/h2-3,6,8,15H,4-5,7,14H2,1H3. The first-order valence-electron chi connectivity index (χ1n) is 5.78. The van der Waals surface area contributed by atoms with Crippen LogP contribution in [0.4, 0.5) is 5.69 Å². The van der Waals surface area contributed by atoms with Crippen LogP contribution in [0.3, 0.4) is 0 Å². The lowest BCUT2D eigenvalue weighted by Crippen LogP contribution is -2.47. The topological polar surface area (TPSA) is 67.6 Å². The number of anilines is 1. The molecule has 1 atom stereocenters. The number of amides is 1. The van der Waals surface area contributed by atoms with Gasteiger partial charge in [0.2, 0.25) is 0 Å². The largest absolute Gasteiger partial charge is 0.377 e. The molecular formula is C12H16ClN3O2. The summed E-state index contributed by atoms with van der Waals surface area (Å²) < 4.78 is 5.32. The number of hydrogen-bond acceptors (Lipinski definition) is 4. The van der Waals surface area contributed by atoms with Gasteiger partial charge in [0, 0.05) is 11.6 Å². The zero-order valence-corrected chi connectivity index (χ0v) is 10.9. The Bertz CT molecular complexity index is 453. The second kappa shape index (κ2) is 5.56. The highest BCUT2D eigenvalue weighted by atomic mass is 35.5. The van der Waals surface area contributed by atoms with Gasteiger partial charge >= 0.3 is 0 Å². The number of morpholine rings is 1. The van der Waals surface area contributed by atoms with E-state index in [-0.39, 0.29) is 11.9 Å². The van der Waals surface area contributed by atoms with Crippen LogP contribution in [0.15, 0.2) is 18.2 Å². The number of hydrazine groups is 1. The normalized spacial score (nSPS) is 19.7. The highest BCUT2D eigenvalue weighted by Crippen LogP contribution is 2.23. The van der Waals surface area contributed by atoms with Crippen molar-refractivity contribution in [3.63, 3.8) is 0 Å². The van der Waals surface area contributed by atoms with Crippen LogP contribution in [0.1, 0.15) is 17.3 Å². The summed E-state index contributed by atoms with van der Waals surface area (Å²) in [6.45, 7) is 3.65. The third kappa shape index (κ3) is 2.58. The van der Waals surface area contributed by atoms with E-state index in [1.165, 1.54) is 0 Å². The first-order valence-corrected chi connectivity index (χ1v) is 6.16. The SMILES string of the molecule is CC1COCCN1C(=O)c1cc(Cl)ccc1NN. The number of carbonyl (C=O) groups is 1. The minimum atomic E-state index is -0.0822. The number of rotatable bonds is 2. The average molecular weight is 270 g/mol. The molecule has 98 valence electrons. The van der Waals surface area contributed by atoms with E-state index < -0.39 is 0 Å². The van der Waals surface area contributed by atoms with E-state index in [0.29, 0.717) is 36.0 Å². The van der Waals surface area contributed by atoms with E-state index >= 15 is 0 Å². The number of nitrogens with one attached hydrogen (secondary N) is 1. The zero-order valence-electron chi connectivity index (χ0n) is 10.1. The summed E-state index contributed by atoms with van der Waals surface area (Å²) in [4.78, 5) is 14.2. The predicted molar refractivity (Wildman–Crippen MR) is 70.6 cm³/mol. The van der Waals surface area contributed by atoms with Crippen molar-refractivity contribution in [1.82, 2.24) is 4.90 Å². The van der Waals surface area contributed by atoms with Crippen LogP contribution in [0.25, 0.3) is 0 Å². The molecule has 2 rings (SSSR count). The lowest BCUT2D eigenvalue weighted by Gasteiger charge is -2.33. The highest BCUT2D eigenvalue weighted by Gasteiger charge is 2.26. The predicted octanol–water partition coefficient (Wildman–Crippen LogP) is 1.49. The molecule has 0 aliphatic carbocycles. The molecule has 1 aromatic carbocycles. The van der Waals surface area contributed by atoms with Gasteiger partial charge in [0.15, 0.2) is 0 Å². The lowest BCUT2D eigenvalue weighted by atomic mass is 10.1. The van der Waals surface area contributed by atoms with Crippen LogP contribution >= 0.6 is 11.6 Å². The Morgan fingerprint density at radius 1 is 1.61 bits per heavy atom. The summed E-state index contributed by atoms with van der Waals surface area (Å²) in [6, 6.07) is 5.06. The maximum absolute atomic E-state index is 12.5. The Hall–Kier alpha value is -1.30. The summed E-state index contributed by atoms with van der Waals surface area (Å²) in [6.07, 6.45) is 0. The monoisotopic (exact) mass is 269 g/mol. The number of benzene rings is 1. The fraction of sp³-hybridized carbons (Fsp3) is 0.417. The first kappa shape index (κ1) is 13.1. The van der Waals surface area contributed by atoms with Crippen LogP contribution in [-0.4, -0.2) is 36.6 Å². The van der Waals surface area contributed by atoms with Crippen molar-refractivity contribution in [2.24, 2.45) is 5.84 Å². The molecule has 1 aliphatic rings. The molecule has 3 N–H and O–H groups in total. The van der Waals surface area contributed by atoms with Gasteiger partial charge in [-0.25, -0.2) is 0 Å². The van der Waals surface area contributed by atoms with E-state index in [1.807, 2.05) is 6.92 Å². The molecule has 0 radical (unpaired) electrons. The molecule has 0 spiro atoms. The van der Waals surface area contributed by atoms with Crippen molar-refractivity contribution >= 4 is 23.2 Å². The molecule has 0 saturated carbocycles. The Morgan fingerprint density at radius 2 is 2.39 bits per heavy atom. The molecule has 5 nitrogen and oxygen atoms in total. The Balaban J connectivity index is 2.29. The molecule has 0 bridgehead atoms. The van der Waals surface area contributed by atoms with Crippen LogP contribution in [-0.2, 0) is 4.74 Å². The van der Waals surface area contributed by atoms with Crippen molar-refractivity contribution in [1.29, 1.82) is 0 Å². The van der Waals surface area contributed by atoms with Gasteiger partial charge in [-0.05, 0) is 25.1 Å². The van der Waals surface area contributed by atoms with Crippen LogP contribution < -0.4 is 11.3 Å². The number of halogens is 1. The smallest absolute Gasteiger partial charge is 0.256 e. The van der Waals surface area contributed by atoms with E-state index in [2.05, 4.69) is 5.43 Å².